The summed E-state index contributed by atoms with van der Waals surface area (Å²) < 4.78 is 18.6. The largest absolute Gasteiger partial charge is 0.484 e. The predicted molar refractivity (Wildman–Crippen MR) is 61.6 cm³/mol. The lowest BCUT2D eigenvalue weighted by Gasteiger charge is -2.12. The molecule has 0 spiro atoms. The van der Waals surface area contributed by atoms with Gasteiger partial charge in [-0.1, -0.05) is 13.0 Å². The average molecular weight is 242 g/mol. The van der Waals surface area contributed by atoms with E-state index in [1.54, 1.807) is 7.05 Å². The van der Waals surface area contributed by atoms with Crippen LogP contribution >= 0.6 is 0 Å². The van der Waals surface area contributed by atoms with Crippen molar-refractivity contribution in [2.45, 2.75) is 6.92 Å². The fourth-order valence-corrected chi connectivity index (χ4v) is 1.42. The molecule has 0 fully saturated rings. The van der Waals surface area contributed by atoms with Crippen molar-refractivity contribution >= 4 is 5.69 Å². The summed E-state index contributed by atoms with van der Waals surface area (Å²) in [6, 6.07) is 3.66. The summed E-state index contributed by atoms with van der Waals surface area (Å²) >= 11 is 0. The maximum atomic E-state index is 13.4. The first-order chi connectivity index (χ1) is 8.06. The Labute approximate surface area is 98.7 Å². The van der Waals surface area contributed by atoms with Crippen LogP contribution in [0.1, 0.15) is 6.92 Å². The molecule has 0 saturated heterocycles. The number of nitrogens with zero attached hydrogens (tertiary/aromatic N) is 1. The van der Waals surface area contributed by atoms with Crippen LogP contribution in [-0.2, 0) is 0 Å². The van der Waals surface area contributed by atoms with E-state index < -0.39 is 10.7 Å². The Hall–Kier alpha value is -1.69. The Morgan fingerprint density at radius 2 is 2.29 bits per heavy atom. The second-order valence-electron chi connectivity index (χ2n) is 3.82. The first-order valence-electron chi connectivity index (χ1n) is 5.26. The van der Waals surface area contributed by atoms with E-state index >= 15 is 0 Å². The lowest BCUT2D eigenvalue weighted by Crippen LogP contribution is -2.22. The number of ether oxygens (including phenoxy) is 1. The van der Waals surface area contributed by atoms with Gasteiger partial charge in [0.05, 0.1) is 11.5 Å². The number of nitro benzene ring substituents is 1. The molecule has 1 N–H and O–H groups in total. The first kappa shape index (κ1) is 13.4. The summed E-state index contributed by atoms with van der Waals surface area (Å²) in [7, 11) is 1.79. The molecule has 5 nitrogen and oxygen atoms in total. The van der Waals surface area contributed by atoms with Gasteiger partial charge in [0.15, 0.2) is 5.82 Å². The molecular weight excluding hydrogens is 227 g/mol. The van der Waals surface area contributed by atoms with E-state index in [0.717, 1.165) is 6.07 Å². The highest BCUT2D eigenvalue weighted by molar-refractivity contribution is 5.46. The minimum Gasteiger partial charge on any atom is -0.484 e. The second kappa shape index (κ2) is 6.15. The van der Waals surface area contributed by atoms with Gasteiger partial charge in [0, 0.05) is 18.5 Å². The van der Waals surface area contributed by atoms with Crippen molar-refractivity contribution in [2.75, 3.05) is 20.2 Å². The molecule has 17 heavy (non-hydrogen) atoms. The number of para-hydroxylation sites is 1. The third-order valence-electron chi connectivity index (χ3n) is 2.21. The van der Waals surface area contributed by atoms with Crippen LogP contribution in [0.2, 0.25) is 0 Å². The van der Waals surface area contributed by atoms with E-state index in [2.05, 4.69) is 5.32 Å². The molecule has 0 bridgehead atoms. The number of hydrogen-bond acceptors (Lipinski definition) is 4. The molecule has 1 aromatic carbocycles. The number of rotatable bonds is 6. The van der Waals surface area contributed by atoms with Crippen LogP contribution < -0.4 is 10.1 Å². The Morgan fingerprint density at radius 3 is 2.88 bits per heavy atom. The quantitative estimate of drug-likeness (QED) is 0.612. The van der Waals surface area contributed by atoms with Crippen molar-refractivity contribution in [1.82, 2.24) is 5.32 Å². The Kier molecular flexibility index (Phi) is 4.84. The predicted octanol–water partition coefficient (Wildman–Crippen LogP) is 1.97. The van der Waals surface area contributed by atoms with Crippen molar-refractivity contribution in [3.63, 3.8) is 0 Å². The molecule has 94 valence electrons. The minimum atomic E-state index is -0.712. The molecule has 0 amide bonds. The van der Waals surface area contributed by atoms with Gasteiger partial charge in [-0.2, -0.15) is 0 Å². The summed E-state index contributed by atoms with van der Waals surface area (Å²) in [5.41, 5.74) is -0.346. The van der Waals surface area contributed by atoms with Crippen molar-refractivity contribution in [3.8, 4) is 5.75 Å². The molecule has 0 saturated carbocycles. The van der Waals surface area contributed by atoms with Crippen LogP contribution in [0.3, 0.4) is 0 Å². The maximum absolute atomic E-state index is 13.4. The summed E-state index contributed by atoms with van der Waals surface area (Å²) in [5, 5.41) is 13.6. The van der Waals surface area contributed by atoms with Crippen LogP contribution in [0.25, 0.3) is 0 Å². The number of halogens is 1. The molecule has 1 unspecified atom stereocenters. The number of benzene rings is 1. The van der Waals surface area contributed by atoms with Gasteiger partial charge in [0.25, 0.3) is 0 Å². The van der Waals surface area contributed by atoms with E-state index in [0.29, 0.717) is 6.54 Å². The van der Waals surface area contributed by atoms with Crippen molar-refractivity contribution in [1.29, 1.82) is 0 Å². The molecule has 6 heteroatoms. The molecular formula is C11H15FN2O3. The van der Waals surface area contributed by atoms with E-state index in [1.807, 2.05) is 6.92 Å². The van der Waals surface area contributed by atoms with E-state index in [1.165, 1.54) is 12.1 Å². The maximum Gasteiger partial charge on any atom is 0.314 e. The standard InChI is InChI=1S/C11H15FN2O3/c1-8(6-13-2)7-17-11-9(12)4-3-5-10(11)14(15)16/h3-5,8,13H,6-7H2,1-2H3. The number of nitro groups is 1. The first-order valence-corrected chi connectivity index (χ1v) is 5.26. The molecule has 1 aromatic rings. The van der Waals surface area contributed by atoms with Crippen molar-refractivity contribution < 1.29 is 14.1 Å². The zero-order chi connectivity index (χ0) is 12.8. The van der Waals surface area contributed by atoms with Gasteiger partial charge < -0.3 is 10.1 Å². The third kappa shape index (κ3) is 3.67. The van der Waals surface area contributed by atoms with Gasteiger partial charge in [-0.05, 0) is 13.1 Å². The smallest absolute Gasteiger partial charge is 0.314 e. The molecule has 0 aliphatic carbocycles. The lowest BCUT2D eigenvalue weighted by atomic mass is 10.2. The molecule has 0 aliphatic heterocycles. The Morgan fingerprint density at radius 1 is 1.59 bits per heavy atom. The van der Waals surface area contributed by atoms with Crippen LogP contribution in [0.4, 0.5) is 10.1 Å². The molecule has 0 aliphatic rings. The van der Waals surface area contributed by atoms with Crippen molar-refractivity contribution in [2.24, 2.45) is 5.92 Å². The molecule has 0 aromatic heterocycles. The van der Waals surface area contributed by atoms with Crippen LogP contribution in [-0.4, -0.2) is 25.1 Å². The van der Waals surface area contributed by atoms with Gasteiger partial charge in [0.2, 0.25) is 5.75 Å². The van der Waals surface area contributed by atoms with Gasteiger partial charge >= 0.3 is 5.69 Å². The summed E-state index contributed by atoms with van der Waals surface area (Å²) in [6.07, 6.45) is 0. The van der Waals surface area contributed by atoms with Gasteiger partial charge in [-0.15, -0.1) is 0 Å². The van der Waals surface area contributed by atoms with Crippen LogP contribution in [0.5, 0.6) is 5.75 Å². The fraction of sp³-hybridized carbons (Fsp3) is 0.455. The second-order valence-corrected chi connectivity index (χ2v) is 3.82. The molecule has 0 radical (unpaired) electrons. The van der Waals surface area contributed by atoms with Gasteiger partial charge in [-0.25, -0.2) is 4.39 Å². The van der Waals surface area contributed by atoms with E-state index in [4.69, 9.17) is 4.74 Å². The van der Waals surface area contributed by atoms with Crippen molar-refractivity contribution in [3.05, 3.63) is 34.1 Å². The zero-order valence-electron chi connectivity index (χ0n) is 9.77. The Bertz CT molecular complexity index is 398. The lowest BCUT2D eigenvalue weighted by molar-refractivity contribution is -0.386. The SMILES string of the molecule is CNCC(C)COc1c(F)cccc1[N+](=O)[O-]. The molecule has 0 heterocycles. The number of nitrogens with one attached hydrogen (secondary N) is 1. The monoisotopic (exact) mass is 242 g/mol. The fourth-order valence-electron chi connectivity index (χ4n) is 1.42. The average Bonchev–Trinajstić information content (AvgIpc) is 2.27. The highest BCUT2D eigenvalue weighted by Gasteiger charge is 2.19. The van der Waals surface area contributed by atoms with Crippen LogP contribution in [0, 0.1) is 21.8 Å². The highest BCUT2D eigenvalue weighted by Crippen LogP contribution is 2.29. The van der Waals surface area contributed by atoms with Gasteiger partial charge in [0.1, 0.15) is 0 Å². The Balaban J connectivity index is 2.79. The highest BCUT2D eigenvalue weighted by atomic mass is 19.1. The van der Waals surface area contributed by atoms with E-state index in [9.17, 15) is 14.5 Å². The third-order valence-corrected chi connectivity index (χ3v) is 2.21. The number of hydrogen-bond donors (Lipinski definition) is 1. The molecule has 1 rings (SSSR count). The van der Waals surface area contributed by atoms with E-state index in [-0.39, 0.29) is 24.0 Å². The molecule has 1 atom stereocenters. The minimum absolute atomic E-state index is 0.138. The normalized spacial score (nSPS) is 12.2. The summed E-state index contributed by atoms with van der Waals surface area (Å²) in [5.74, 6) is -0.865. The topological polar surface area (TPSA) is 64.4 Å². The zero-order valence-corrected chi connectivity index (χ0v) is 9.77. The summed E-state index contributed by atoms with van der Waals surface area (Å²) in [4.78, 5) is 10.0. The summed E-state index contributed by atoms with van der Waals surface area (Å²) in [6.45, 7) is 2.83. The van der Waals surface area contributed by atoms with Crippen LogP contribution in [0.15, 0.2) is 18.2 Å². The van der Waals surface area contributed by atoms with Gasteiger partial charge in [-0.3, -0.25) is 10.1 Å².